The molecule has 30 heavy (non-hydrogen) atoms. The van der Waals surface area contributed by atoms with Crippen molar-refractivity contribution in [3.05, 3.63) is 46.7 Å². The van der Waals surface area contributed by atoms with Gasteiger partial charge < -0.3 is 10.2 Å². The Balaban J connectivity index is 1.80. The summed E-state index contributed by atoms with van der Waals surface area (Å²) in [6.45, 7) is 0.917. The first-order valence-corrected chi connectivity index (χ1v) is 10.6. The predicted molar refractivity (Wildman–Crippen MR) is 110 cm³/mol. The van der Waals surface area contributed by atoms with E-state index in [1.54, 1.807) is 29.2 Å². The van der Waals surface area contributed by atoms with Crippen LogP contribution in [0.4, 0.5) is 13.2 Å². The van der Waals surface area contributed by atoms with Crippen molar-refractivity contribution in [1.29, 1.82) is 5.26 Å². The van der Waals surface area contributed by atoms with Crippen LogP contribution in [0, 0.1) is 11.3 Å². The summed E-state index contributed by atoms with van der Waals surface area (Å²) >= 11 is 5.84. The Morgan fingerprint density at radius 1 is 1.40 bits per heavy atom. The monoisotopic (exact) mass is 457 g/mol. The fraction of sp³-hybridized carbons (Fsp3) is 0.421. The molecule has 2 aliphatic rings. The molecule has 2 heterocycles. The third kappa shape index (κ3) is 5.61. The molecule has 1 amide bonds. The Labute approximate surface area is 181 Å². The number of halogens is 4. The molecule has 11 heteroatoms. The van der Waals surface area contributed by atoms with Crippen LogP contribution in [0.2, 0.25) is 5.02 Å². The number of allylic oxidation sites excluding steroid dienone is 1. The van der Waals surface area contributed by atoms with E-state index in [9.17, 15) is 18.0 Å². The summed E-state index contributed by atoms with van der Waals surface area (Å²) in [6, 6.07) is 8.63. The number of amides is 1. The predicted octanol–water partition coefficient (Wildman–Crippen LogP) is 3.56. The number of alkyl halides is 3. The first kappa shape index (κ1) is 22.3. The standard InChI is InChI=1S/C19H19ClF3N5OS/c20-14-5-3-13(4-6-14)18-15(27-10-1-2-17(27)29)12-28(26-18)16(7-8-24)25-9-11-30-19(21,22)23/h3-7,15,25H,1-2,9-12H2/b16-7+. The molecule has 1 aromatic carbocycles. The van der Waals surface area contributed by atoms with E-state index >= 15 is 0 Å². The minimum absolute atomic E-state index is 0.00724. The van der Waals surface area contributed by atoms with Crippen molar-refractivity contribution < 1.29 is 18.0 Å². The molecular formula is C19H19ClF3N5OS. The van der Waals surface area contributed by atoms with Crippen molar-refractivity contribution >= 4 is 35.0 Å². The molecule has 1 fully saturated rings. The number of hydrogen-bond donors (Lipinski definition) is 1. The number of benzene rings is 1. The molecule has 3 rings (SSSR count). The number of carbonyl (C=O) groups excluding carboxylic acids is 1. The molecule has 0 bridgehead atoms. The van der Waals surface area contributed by atoms with Crippen molar-refractivity contribution in [2.45, 2.75) is 24.4 Å². The van der Waals surface area contributed by atoms with Crippen LogP contribution in [0.25, 0.3) is 0 Å². The highest BCUT2D eigenvalue weighted by Crippen LogP contribution is 2.30. The molecule has 0 saturated carbocycles. The van der Waals surface area contributed by atoms with Crippen molar-refractivity contribution in [3.63, 3.8) is 0 Å². The summed E-state index contributed by atoms with van der Waals surface area (Å²) in [4.78, 5) is 14.1. The van der Waals surface area contributed by atoms with Gasteiger partial charge in [0.05, 0.1) is 30.4 Å². The van der Waals surface area contributed by atoms with Gasteiger partial charge in [0.25, 0.3) is 0 Å². The Kier molecular flexibility index (Phi) is 7.15. The third-order valence-corrected chi connectivity index (χ3v) is 5.66. The molecule has 0 aliphatic carbocycles. The van der Waals surface area contributed by atoms with Crippen LogP contribution in [0.15, 0.2) is 41.3 Å². The lowest BCUT2D eigenvalue weighted by Gasteiger charge is -2.26. The van der Waals surface area contributed by atoms with Crippen LogP contribution in [0.1, 0.15) is 18.4 Å². The van der Waals surface area contributed by atoms with Crippen LogP contribution >= 0.6 is 23.4 Å². The Morgan fingerprint density at radius 2 is 2.13 bits per heavy atom. The van der Waals surface area contributed by atoms with E-state index in [0.717, 1.165) is 12.0 Å². The third-order valence-electron chi connectivity index (χ3n) is 4.67. The summed E-state index contributed by atoms with van der Waals surface area (Å²) in [7, 11) is 0. The number of thioether (sulfide) groups is 1. The highest BCUT2D eigenvalue weighted by atomic mass is 35.5. The second-order valence-electron chi connectivity index (χ2n) is 6.66. The lowest BCUT2D eigenvalue weighted by molar-refractivity contribution is -0.128. The van der Waals surface area contributed by atoms with Gasteiger partial charge in [-0.25, -0.2) is 5.01 Å². The van der Waals surface area contributed by atoms with E-state index in [-0.39, 0.29) is 36.0 Å². The van der Waals surface area contributed by atoms with Crippen molar-refractivity contribution in [3.8, 4) is 6.07 Å². The second kappa shape index (κ2) is 9.62. The quantitative estimate of drug-likeness (QED) is 0.500. The smallest absolute Gasteiger partial charge is 0.369 e. The Hall–Kier alpha value is -2.38. The fourth-order valence-corrected chi connectivity index (χ4v) is 3.94. The van der Waals surface area contributed by atoms with Gasteiger partial charge in [-0.05, 0) is 30.3 Å². The maximum absolute atomic E-state index is 12.3. The number of likely N-dealkylation sites (tertiary alicyclic amines) is 1. The van der Waals surface area contributed by atoms with Gasteiger partial charge in [0.2, 0.25) is 5.91 Å². The van der Waals surface area contributed by atoms with Gasteiger partial charge in [-0.15, -0.1) is 0 Å². The SMILES string of the molecule is N#C/C=C(\NCCSC(F)(F)F)N1CC(N2CCCC2=O)C(c2ccc(Cl)cc2)=N1. The van der Waals surface area contributed by atoms with Crippen molar-refractivity contribution in [2.24, 2.45) is 5.10 Å². The molecule has 1 unspecified atom stereocenters. The number of nitrogens with one attached hydrogen (secondary N) is 1. The zero-order valence-electron chi connectivity index (χ0n) is 15.8. The van der Waals surface area contributed by atoms with Gasteiger partial charge in [0, 0.05) is 35.8 Å². The lowest BCUT2D eigenvalue weighted by atomic mass is 10.0. The number of carbonyl (C=O) groups is 1. The Bertz CT molecular complexity index is 882. The van der Waals surface area contributed by atoms with Crippen molar-refractivity contribution in [2.75, 3.05) is 25.4 Å². The molecule has 0 aromatic heterocycles. The molecule has 1 N–H and O–H groups in total. The second-order valence-corrected chi connectivity index (χ2v) is 8.26. The zero-order valence-corrected chi connectivity index (χ0v) is 17.4. The lowest BCUT2D eigenvalue weighted by Crippen LogP contribution is -2.44. The molecule has 6 nitrogen and oxygen atoms in total. The average Bonchev–Trinajstić information content (AvgIpc) is 3.30. The van der Waals surface area contributed by atoms with E-state index in [1.807, 2.05) is 6.07 Å². The maximum atomic E-state index is 12.3. The van der Waals surface area contributed by atoms with Gasteiger partial charge in [-0.2, -0.15) is 23.5 Å². The first-order valence-electron chi connectivity index (χ1n) is 9.24. The normalized spacial score (nSPS) is 19.8. The van der Waals surface area contributed by atoms with Gasteiger partial charge in [-0.3, -0.25) is 4.79 Å². The maximum Gasteiger partial charge on any atom is 0.441 e. The molecular weight excluding hydrogens is 439 g/mol. The van der Waals surface area contributed by atoms with Gasteiger partial charge >= 0.3 is 5.51 Å². The summed E-state index contributed by atoms with van der Waals surface area (Å²) in [5.41, 5.74) is -2.87. The summed E-state index contributed by atoms with van der Waals surface area (Å²) in [5.74, 6) is 0.117. The summed E-state index contributed by atoms with van der Waals surface area (Å²) in [6.07, 6.45) is 2.44. The molecule has 0 spiro atoms. The molecule has 1 saturated heterocycles. The Morgan fingerprint density at radius 3 is 2.73 bits per heavy atom. The average molecular weight is 458 g/mol. The van der Waals surface area contributed by atoms with E-state index in [0.29, 0.717) is 36.1 Å². The molecule has 160 valence electrons. The van der Waals surface area contributed by atoms with Crippen molar-refractivity contribution in [1.82, 2.24) is 15.2 Å². The largest absolute Gasteiger partial charge is 0.441 e. The summed E-state index contributed by atoms with van der Waals surface area (Å²) in [5, 5.41) is 18.7. The van der Waals surface area contributed by atoms with Gasteiger partial charge in [0.1, 0.15) is 5.82 Å². The minimum atomic E-state index is -4.31. The molecule has 0 radical (unpaired) electrons. The topological polar surface area (TPSA) is 71.7 Å². The van der Waals surface area contributed by atoms with E-state index in [4.69, 9.17) is 16.9 Å². The number of nitriles is 1. The van der Waals surface area contributed by atoms with E-state index < -0.39 is 5.51 Å². The number of rotatable bonds is 7. The molecule has 1 atom stereocenters. The van der Waals surface area contributed by atoms with Gasteiger partial charge in [0.15, 0.2) is 0 Å². The summed E-state index contributed by atoms with van der Waals surface area (Å²) < 4.78 is 37.0. The zero-order chi connectivity index (χ0) is 21.7. The number of nitrogens with zero attached hydrogens (tertiary/aromatic N) is 4. The van der Waals surface area contributed by atoms with E-state index in [2.05, 4.69) is 10.4 Å². The number of hydrazone groups is 1. The van der Waals surface area contributed by atoms with Crippen LogP contribution in [0.3, 0.4) is 0 Å². The first-order chi connectivity index (χ1) is 14.3. The van der Waals surface area contributed by atoms with E-state index in [1.165, 1.54) is 11.1 Å². The van der Waals surface area contributed by atoms with Crippen LogP contribution in [-0.2, 0) is 4.79 Å². The number of hydrogen-bond acceptors (Lipinski definition) is 6. The van der Waals surface area contributed by atoms with Gasteiger partial charge in [-0.1, -0.05) is 23.7 Å². The molecule has 2 aliphatic heterocycles. The van der Waals surface area contributed by atoms with Crippen LogP contribution in [0.5, 0.6) is 0 Å². The van der Waals surface area contributed by atoms with Crippen LogP contribution in [-0.4, -0.2) is 58.5 Å². The fourth-order valence-electron chi connectivity index (χ4n) is 3.38. The van der Waals surface area contributed by atoms with Crippen LogP contribution < -0.4 is 5.32 Å². The highest BCUT2D eigenvalue weighted by Gasteiger charge is 2.38. The highest BCUT2D eigenvalue weighted by molar-refractivity contribution is 8.00. The minimum Gasteiger partial charge on any atom is -0.369 e. The molecule has 1 aromatic rings.